The number of carbonyl (C=O) groups is 1. The van der Waals surface area contributed by atoms with Crippen LogP contribution in [0.5, 0.6) is 0 Å². The molecular formula is C19H25N3O4S. The predicted octanol–water partition coefficient (Wildman–Crippen LogP) is 1.98. The van der Waals surface area contributed by atoms with E-state index in [2.05, 4.69) is 10.3 Å². The van der Waals surface area contributed by atoms with E-state index in [4.69, 9.17) is 4.42 Å². The first-order valence-corrected chi connectivity index (χ1v) is 10.9. The lowest BCUT2D eigenvalue weighted by Gasteiger charge is -2.29. The summed E-state index contributed by atoms with van der Waals surface area (Å²) in [5, 5.41) is 2.94. The Morgan fingerprint density at radius 1 is 1.26 bits per heavy atom. The molecule has 0 unspecified atom stereocenters. The molecule has 1 aromatic heterocycles. The summed E-state index contributed by atoms with van der Waals surface area (Å²) in [6, 6.07) is 9.70. The van der Waals surface area contributed by atoms with Crippen molar-refractivity contribution in [2.45, 2.75) is 26.2 Å². The summed E-state index contributed by atoms with van der Waals surface area (Å²) in [4.78, 5) is 16.9. The molecule has 2 aromatic rings. The van der Waals surface area contributed by atoms with Gasteiger partial charge in [-0.15, -0.1) is 0 Å². The molecule has 1 N–H and O–H groups in total. The monoisotopic (exact) mass is 391 g/mol. The van der Waals surface area contributed by atoms with Crippen LogP contribution in [-0.2, 0) is 21.2 Å². The topological polar surface area (TPSA) is 92.5 Å². The van der Waals surface area contributed by atoms with Gasteiger partial charge in [-0.1, -0.05) is 18.2 Å². The summed E-state index contributed by atoms with van der Waals surface area (Å²) in [6.45, 7) is 3.16. The molecule has 1 saturated heterocycles. The number of piperidine rings is 1. The Kier molecular flexibility index (Phi) is 5.96. The van der Waals surface area contributed by atoms with Crippen LogP contribution >= 0.6 is 0 Å². The van der Waals surface area contributed by atoms with Crippen molar-refractivity contribution in [3.05, 3.63) is 41.8 Å². The van der Waals surface area contributed by atoms with Crippen molar-refractivity contribution >= 4 is 15.9 Å². The molecule has 0 bridgehead atoms. The number of aryl methyl sites for hydroxylation is 1. The summed E-state index contributed by atoms with van der Waals surface area (Å²) in [5.74, 6) is 1.18. The largest absolute Gasteiger partial charge is 0.441 e. The Morgan fingerprint density at radius 2 is 1.93 bits per heavy atom. The van der Waals surface area contributed by atoms with E-state index < -0.39 is 10.0 Å². The summed E-state index contributed by atoms with van der Waals surface area (Å²) in [7, 11) is -3.17. The van der Waals surface area contributed by atoms with E-state index in [1.165, 1.54) is 10.6 Å². The Morgan fingerprint density at radius 3 is 2.56 bits per heavy atom. The molecule has 0 spiro atoms. The third kappa shape index (κ3) is 4.95. The maximum atomic E-state index is 12.3. The molecule has 0 radical (unpaired) electrons. The quantitative estimate of drug-likeness (QED) is 0.813. The van der Waals surface area contributed by atoms with E-state index in [0.717, 1.165) is 17.0 Å². The number of nitrogens with one attached hydrogen (secondary N) is 1. The molecule has 8 heteroatoms. The SMILES string of the molecule is Cc1oc(-c2ccccc2)nc1CCNC(=O)C1CCN(S(C)(=O)=O)CC1. The maximum absolute atomic E-state index is 12.3. The summed E-state index contributed by atoms with van der Waals surface area (Å²) < 4.78 is 30.2. The van der Waals surface area contributed by atoms with Gasteiger partial charge in [0.15, 0.2) is 0 Å². The maximum Gasteiger partial charge on any atom is 0.226 e. The van der Waals surface area contributed by atoms with Gasteiger partial charge in [-0.25, -0.2) is 17.7 Å². The molecule has 0 atom stereocenters. The van der Waals surface area contributed by atoms with Crippen molar-refractivity contribution in [1.82, 2.24) is 14.6 Å². The fourth-order valence-corrected chi connectivity index (χ4v) is 4.14. The summed E-state index contributed by atoms with van der Waals surface area (Å²) in [5.41, 5.74) is 1.76. The zero-order chi connectivity index (χ0) is 19.4. The smallest absolute Gasteiger partial charge is 0.226 e. The second-order valence-corrected chi connectivity index (χ2v) is 8.85. The lowest BCUT2D eigenvalue weighted by Crippen LogP contribution is -2.42. The van der Waals surface area contributed by atoms with E-state index in [1.807, 2.05) is 37.3 Å². The minimum atomic E-state index is -3.17. The average molecular weight is 391 g/mol. The normalized spacial score (nSPS) is 16.4. The van der Waals surface area contributed by atoms with Gasteiger partial charge in [0.25, 0.3) is 0 Å². The Hall–Kier alpha value is -2.19. The third-order valence-electron chi connectivity index (χ3n) is 4.87. The average Bonchev–Trinajstić information content (AvgIpc) is 3.02. The van der Waals surface area contributed by atoms with Gasteiger partial charge in [0, 0.05) is 37.5 Å². The minimum absolute atomic E-state index is 0.0208. The van der Waals surface area contributed by atoms with Crippen LogP contribution in [0.15, 0.2) is 34.7 Å². The lowest BCUT2D eigenvalue weighted by molar-refractivity contribution is -0.126. The summed E-state index contributed by atoms with van der Waals surface area (Å²) in [6.07, 6.45) is 2.91. The van der Waals surface area contributed by atoms with Crippen LogP contribution in [0.4, 0.5) is 0 Å². The molecule has 27 heavy (non-hydrogen) atoms. The minimum Gasteiger partial charge on any atom is -0.441 e. The number of rotatable bonds is 6. The van der Waals surface area contributed by atoms with Crippen molar-refractivity contribution in [2.24, 2.45) is 5.92 Å². The molecular weight excluding hydrogens is 366 g/mol. The standard InChI is InChI=1S/C19H25N3O4S/c1-14-17(21-19(26-14)16-6-4-3-5-7-16)8-11-20-18(23)15-9-12-22(13-10-15)27(2,24)25/h3-7,15H,8-13H2,1-2H3,(H,20,23). The highest BCUT2D eigenvalue weighted by atomic mass is 32.2. The van der Waals surface area contributed by atoms with Gasteiger partial charge in [0.1, 0.15) is 5.76 Å². The van der Waals surface area contributed by atoms with Crippen LogP contribution in [0.3, 0.4) is 0 Å². The number of benzene rings is 1. The van der Waals surface area contributed by atoms with Crippen molar-refractivity contribution in [2.75, 3.05) is 25.9 Å². The van der Waals surface area contributed by atoms with Gasteiger partial charge < -0.3 is 9.73 Å². The van der Waals surface area contributed by atoms with Crippen molar-refractivity contribution in [3.8, 4) is 11.5 Å². The van der Waals surface area contributed by atoms with Crippen LogP contribution in [0.2, 0.25) is 0 Å². The first kappa shape index (κ1) is 19.6. The number of hydrogen-bond donors (Lipinski definition) is 1. The van der Waals surface area contributed by atoms with Gasteiger partial charge in [0.2, 0.25) is 21.8 Å². The Labute approximate surface area is 159 Å². The highest BCUT2D eigenvalue weighted by molar-refractivity contribution is 7.88. The highest BCUT2D eigenvalue weighted by Crippen LogP contribution is 2.22. The van der Waals surface area contributed by atoms with Crippen molar-refractivity contribution in [1.29, 1.82) is 0 Å². The molecule has 0 saturated carbocycles. The Bertz CT molecular complexity index is 885. The van der Waals surface area contributed by atoms with Gasteiger partial charge in [-0.05, 0) is 31.9 Å². The van der Waals surface area contributed by atoms with Crippen LogP contribution < -0.4 is 5.32 Å². The fraction of sp³-hybridized carbons (Fsp3) is 0.474. The Balaban J connectivity index is 1.49. The molecule has 1 fully saturated rings. The third-order valence-corrected chi connectivity index (χ3v) is 6.17. The van der Waals surface area contributed by atoms with Gasteiger partial charge in [-0.3, -0.25) is 4.79 Å². The number of nitrogens with zero attached hydrogens (tertiary/aromatic N) is 2. The number of hydrogen-bond acceptors (Lipinski definition) is 5. The molecule has 146 valence electrons. The van der Waals surface area contributed by atoms with Gasteiger partial charge in [-0.2, -0.15) is 0 Å². The first-order valence-electron chi connectivity index (χ1n) is 9.09. The number of oxazole rings is 1. The van der Waals surface area contributed by atoms with E-state index in [0.29, 0.717) is 44.8 Å². The molecule has 7 nitrogen and oxygen atoms in total. The van der Waals surface area contributed by atoms with E-state index in [1.54, 1.807) is 0 Å². The van der Waals surface area contributed by atoms with Crippen LogP contribution in [0.1, 0.15) is 24.3 Å². The highest BCUT2D eigenvalue weighted by Gasteiger charge is 2.28. The van der Waals surface area contributed by atoms with Crippen LogP contribution in [0.25, 0.3) is 11.5 Å². The van der Waals surface area contributed by atoms with Crippen LogP contribution in [-0.4, -0.2) is 49.5 Å². The molecule has 1 aromatic carbocycles. The second kappa shape index (κ2) is 8.22. The molecule has 3 rings (SSSR count). The predicted molar refractivity (Wildman–Crippen MR) is 103 cm³/mol. The molecule has 1 aliphatic rings. The van der Waals surface area contributed by atoms with Crippen molar-refractivity contribution < 1.29 is 17.6 Å². The first-order chi connectivity index (χ1) is 12.8. The van der Waals surface area contributed by atoms with Gasteiger partial charge >= 0.3 is 0 Å². The second-order valence-electron chi connectivity index (χ2n) is 6.87. The zero-order valence-electron chi connectivity index (χ0n) is 15.6. The molecule has 0 aliphatic carbocycles. The molecule has 1 amide bonds. The van der Waals surface area contributed by atoms with E-state index in [9.17, 15) is 13.2 Å². The number of carbonyl (C=O) groups excluding carboxylic acids is 1. The van der Waals surface area contributed by atoms with Crippen molar-refractivity contribution in [3.63, 3.8) is 0 Å². The fourth-order valence-electron chi connectivity index (χ4n) is 3.26. The van der Waals surface area contributed by atoms with E-state index in [-0.39, 0.29) is 11.8 Å². The molecule has 1 aliphatic heterocycles. The lowest BCUT2D eigenvalue weighted by atomic mass is 9.97. The zero-order valence-corrected chi connectivity index (χ0v) is 16.5. The number of aromatic nitrogens is 1. The molecule has 2 heterocycles. The van der Waals surface area contributed by atoms with Gasteiger partial charge in [0.05, 0.1) is 11.9 Å². The van der Waals surface area contributed by atoms with Crippen LogP contribution in [0, 0.1) is 12.8 Å². The number of amides is 1. The number of sulfonamides is 1. The van der Waals surface area contributed by atoms with E-state index >= 15 is 0 Å². The summed E-state index contributed by atoms with van der Waals surface area (Å²) >= 11 is 0.